The van der Waals surface area contributed by atoms with Crippen molar-refractivity contribution in [3.63, 3.8) is 0 Å². The number of rotatable bonds is 1. The fourth-order valence-corrected chi connectivity index (χ4v) is 1.29. The van der Waals surface area contributed by atoms with E-state index in [0.717, 1.165) is 5.69 Å². The SMILES string of the molecule is CN(C(=O)OC(C)(C)C)c1cc(C(C)(C)C)[nH]n1. The summed E-state index contributed by atoms with van der Waals surface area (Å²) in [5.41, 5.74) is 0.446. The zero-order valence-corrected chi connectivity index (χ0v) is 12.3. The van der Waals surface area contributed by atoms with Gasteiger partial charge in [0.25, 0.3) is 0 Å². The second-order valence-corrected chi connectivity index (χ2v) is 6.43. The maximum Gasteiger partial charge on any atom is 0.415 e. The second kappa shape index (κ2) is 4.63. The van der Waals surface area contributed by atoms with Crippen LogP contribution >= 0.6 is 0 Å². The van der Waals surface area contributed by atoms with Gasteiger partial charge in [-0.1, -0.05) is 20.8 Å². The molecule has 0 radical (unpaired) electrons. The molecule has 0 aliphatic heterocycles. The molecule has 0 fully saturated rings. The van der Waals surface area contributed by atoms with Crippen molar-refractivity contribution < 1.29 is 9.53 Å². The highest BCUT2D eigenvalue weighted by Gasteiger charge is 2.24. The number of H-pyrrole nitrogens is 1. The summed E-state index contributed by atoms with van der Waals surface area (Å²) in [6, 6.07) is 1.86. The van der Waals surface area contributed by atoms with Crippen LogP contribution in [0.5, 0.6) is 0 Å². The second-order valence-electron chi connectivity index (χ2n) is 6.43. The van der Waals surface area contributed by atoms with Crippen molar-refractivity contribution in [3.05, 3.63) is 11.8 Å². The number of aromatic amines is 1. The summed E-state index contributed by atoms with van der Waals surface area (Å²) in [5, 5.41) is 7.08. The molecule has 1 aromatic heterocycles. The number of anilines is 1. The summed E-state index contributed by atoms with van der Waals surface area (Å²) >= 11 is 0. The molecule has 5 heteroatoms. The van der Waals surface area contributed by atoms with Gasteiger partial charge in [-0.2, -0.15) is 5.10 Å². The Labute approximate surface area is 109 Å². The van der Waals surface area contributed by atoms with Crippen LogP contribution in [0.4, 0.5) is 10.6 Å². The maximum absolute atomic E-state index is 11.9. The summed E-state index contributed by atoms with van der Waals surface area (Å²) in [7, 11) is 1.65. The van der Waals surface area contributed by atoms with Gasteiger partial charge in [0, 0.05) is 24.2 Å². The topological polar surface area (TPSA) is 58.2 Å². The standard InChI is InChI=1S/C13H23N3O2/c1-12(2,3)9-8-10(15-14-9)16(7)11(17)18-13(4,5)6/h8H,1-7H3,(H,14,15). The quantitative estimate of drug-likeness (QED) is 0.836. The van der Waals surface area contributed by atoms with Gasteiger partial charge >= 0.3 is 6.09 Å². The van der Waals surface area contributed by atoms with Gasteiger partial charge < -0.3 is 4.74 Å². The minimum absolute atomic E-state index is 0.0278. The Morgan fingerprint density at radius 1 is 1.28 bits per heavy atom. The van der Waals surface area contributed by atoms with E-state index in [4.69, 9.17) is 4.74 Å². The average molecular weight is 253 g/mol. The third kappa shape index (κ3) is 3.75. The fourth-order valence-electron chi connectivity index (χ4n) is 1.29. The number of ether oxygens (including phenoxy) is 1. The van der Waals surface area contributed by atoms with Crippen LogP contribution in [0.3, 0.4) is 0 Å². The Kier molecular flexibility index (Phi) is 3.74. The Hall–Kier alpha value is -1.52. The number of carbonyl (C=O) groups excluding carboxylic acids is 1. The molecule has 1 heterocycles. The number of nitrogens with zero attached hydrogens (tertiary/aromatic N) is 2. The van der Waals surface area contributed by atoms with E-state index in [-0.39, 0.29) is 5.41 Å². The third-order valence-electron chi connectivity index (χ3n) is 2.38. The summed E-state index contributed by atoms with van der Waals surface area (Å²) in [4.78, 5) is 13.3. The zero-order chi connectivity index (χ0) is 14.1. The van der Waals surface area contributed by atoms with E-state index < -0.39 is 11.7 Å². The number of hydrogen-bond donors (Lipinski definition) is 1. The molecule has 0 spiro atoms. The van der Waals surface area contributed by atoms with Crippen molar-refractivity contribution in [3.8, 4) is 0 Å². The predicted molar refractivity (Wildman–Crippen MR) is 71.9 cm³/mol. The molecule has 0 saturated heterocycles. The molecule has 1 N–H and O–H groups in total. The van der Waals surface area contributed by atoms with Gasteiger partial charge in [0.15, 0.2) is 5.82 Å². The number of carbonyl (C=O) groups is 1. The molecule has 0 saturated carbocycles. The van der Waals surface area contributed by atoms with Crippen LogP contribution in [0.25, 0.3) is 0 Å². The zero-order valence-electron chi connectivity index (χ0n) is 12.3. The Morgan fingerprint density at radius 3 is 2.22 bits per heavy atom. The highest BCUT2D eigenvalue weighted by molar-refractivity contribution is 5.86. The molecule has 0 bridgehead atoms. The highest BCUT2D eigenvalue weighted by atomic mass is 16.6. The molecule has 1 amide bonds. The molecule has 0 unspecified atom stereocenters. The van der Waals surface area contributed by atoms with Gasteiger partial charge in [0.2, 0.25) is 0 Å². The van der Waals surface area contributed by atoms with E-state index >= 15 is 0 Å². The van der Waals surface area contributed by atoms with Crippen LogP contribution in [0, 0.1) is 0 Å². The first-order valence-electron chi connectivity index (χ1n) is 6.03. The lowest BCUT2D eigenvalue weighted by atomic mass is 9.92. The molecule has 0 aromatic carbocycles. The van der Waals surface area contributed by atoms with E-state index in [1.807, 2.05) is 26.8 Å². The lowest BCUT2D eigenvalue weighted by Gasteiger charge is -2.23. The van der Waals surface area contributed by atoms with Crippen LogP contribution < -0.4 is 4.90 Å². The van der Waals surface area contributed by atoms with Gasteiger partial charge in [-0.05, 0) is 20.8 Å². The van der Waals surface area contributed by atoms with E-state index in [2.05, 4.69) is 31.0 Å². The Balaban J connectivity index is 2.82. The van der Waals surface area contributed by atoms with Gasteiger partial charge in [-0.3, -0.25) is 10.00 Å². The number of amides is 1. The van der Waals surface area contributed by atoms with Crippen molar-refractivity contribution in [2.75, 3.05) is 11.9 Å². The number of nitrogens with one attached hydrogen (secondary N) is 1. The summed E-state index contributed by atoms with van der Waals surface area (Å²) < 4.78 is 5.28. The summed E-state index contributed by atoms with van der Waals surface area (Å²) in [6.07, 6.45) is -0.408. The minimum atomic E-state index is -0.505. The van der Waals surface area contributed by atoms with E-state index in [0.29, 0.717) is 5.82 Å². The van der Waals surface area contributed by atoms with Crippen molar-refractivity contribution >= 4 is 11.9 Å². The highest BCUT2D eigenvalue weighted by Crippen LogP contribution is 2.24. The molecular formula is C13H23N3O2. The molecule has 1 aromatic rings. The predicted octanol–water partition coefficient (Wildman–Crippen LogP) is 3.08. The largest absolute Gasteiger partial charge is 0.443 e. The van der Waals surface area contributed by atoms with Crippen LogP contribution in [-0.2, 0) is 10.2 Å². The lowest BCUT2D eigenvalue weighted by Crippen LogP contribution is -2.34. The Morgan fingerprint density at radius 2 is 1.83 bits per heavy atom. The van der Waals surface area contributed by atoms with Gasteiger partial charge in [0.05, 0.1) is 0 Å². The minimum Gasteiger partial charge on any atom is -0.443 e. The molecule has 102 valence electrons. The van der Waals surface area contributed by atoms with Crippen LogP contribution in [0.2, 0.25) is 0 Å². The first kappa shape index (κ1) is 14.5. The van der Waals surface area contributed by atoms with E-state index in [1.165, 1.54) is 4.90 Å². The van der Waals surface area contributed by atoms with Crippen molar-refractivity contribution in [1.29, 1.82) is 0 Å². The molecule has 0 aliphatic carbocycles. The smallest absolute Gasteiger partial charge is 0.415 e. The summed E-state index contributed by atoms with van der Waals surface area (Å²) in [5.74, 6) is 0.564. The fraction of sp³-hybridized carbons (Fsp3) is 0.692. The van der Waals surface area contributed by atoms with Crippen molar-refractivity contribution in [1.82, 2.24) is 10.2 Å². The van der Waals surface area contributed by atoms with Crippen molar-refractivity contribution in [2.24, 2.45) is 0 Å². The first-order chi connectivity index (χ1) is 8.00. The average Bonchev–Trinajstić information content (AvgIpc) is 2.61. The monoisotopic (exact) mass is 253 g/mol. The van der Waals surface area contributed by atoms with Crippen LogP contribution in [0.15, 0.2) is 6.07 Å². The maximum atomic E-state index is 11.9. The van der Waals surface area contributed by atoms with Crippen LogP contribution in [0.1, 0.15) is 47.2 Å². The molecule has 0 atom stereocenters. The number of hydrogen-bond acceptors (Lipinski definition) is 3. The third-order valence-corrected chi connectivity index (χ3v) is 2.38. The summed E-state index contributed by atoms with van der Waals surface area (Å²) in [6.45, 7) is 11.8. The van der Waals surface area contributed by atoms with Gasteiger partial charge in [-0.15, -0.1) is 0 Å². The van der Waals surface area contributed by atoms with Crippen molar-refractivity contribution in [2.45, 2.75) is 52.6 Å². The Bertz CT molecular complexity index is 424. The molecule has 18 heavy (non-hydrogen) atoms. The normalized spacial score (nSPS) is 12.4. The molecule has 0 aliphatic rings. The number of aromatic nitrogens is 2. The van der Waals surface area contributed by atoms with Gasteiger partial charge in [0.1, 0.15) is 5.60 Å². The molecule has 1 rings (SSSR count). The molecular weight excluding hydrogens is 230 g/mol. The molecule has 5 nitrogen and oxygen atoms in total. The van der Waals surface area contributed by atoms with E-state index in [1.54, 1.807) is 7.05 Å². The first-order valence-corrected chi connectivity index (χ1v) is 6.03. The lowest BCUT2D eigenvalue weighted by molar-refractivity contribution is 0.0588. The van der Waals surface area contributed by atoms with Gasteiger partial charge in [-0.25, -0.2) is 4.79 Å². The van der Waals surface area contributed by atoms with E-state index in [9.17, 15) is 4.79 Å². The van der Waals surface area contributed by atoms with Crippen LogP contribution in [-0.4, -0.2) is 28.9 Å².